The maximum Gasteiger partial charge on any atom is 0.307 e. The van der Waals surface area contributed by atoms with Gasteiger partial charge in [-0.1, -0.05) is 12.1 Å². The molecule has 1 aromatic carbocycles. The Morgan fingerprint density at radius 1 is 1.18 bits per heavy atom. The van der Waals surface area contributed by atoms with Crippen molar-refractivity contribution in [2.24, 2.45) is 23.2 Å². The summed E-state index contributed by atoms with van der Waals surface area (Å²) in [7, 11) is 0. The first kappa shape index (κ1) is 18.9. The molecular formula is C21H26N2O5. The summed E-state index contributed by atoms with van der Waals surface area (Å²) in [4.78, 5) is 35.5. The monoisotopic (exact) mass is 386 g/mol. The fraction of sp³-hybridized carbons (Fsp3) is 0.619. The number of nitrogens with zero attached hydrogens (tertiary/aromatic N) is 1. The van der Waals surface area contributed by atoms with Crippen molar-refractivity contribution < 1.29 is 19.2 Å². The molecule has 0 unspecified atom stereocenters. The van der Waals surface area contributed by atoms with Crippen LogP contribution in [0, 0.1) is 33.3 Å². The molecule has 1 N–H and O–H groups in total. The highest BCUT2D eigenvalue weighted by molar-refractivity contribution is 5.96. The molecule has 7 nitrogen and oxygen atoms in total. The fourth-order valence-corrected chi connectivity index (χ4v) is 6.08. The fourth-order valence-electron chi connectivity index (χ4n) is 6.08. The van der Waals surface area contributed by atoms with E-state index in [4.69, 9.17) is 4.74 Å². The molecule has 0 spiro atoms. The topological polar surface area (TPSA) is 98.5 Å². The molecule has 4 aliphatic rings. The maximum absolute atomic E-state index is 12.6. The molecule has 0 heterocycles. The van der Waals surface area contributed by atoms with Crippen molar-refractivity contribution in [3.8, 4) is 0 Å². The van der Waals surface area contributed by atoms with Crippen LogP contribution in [0.2, 0.25) is 0 Å². The van der Waals surface area contributed by atoms with Crippen LogP contribution in [0.5, 0.6) is 0 Å². The average molecular weight is 386 g/mol. The van der Waals surface area contributed by atoms with E-state index in [1.807, 2.05) is 0 Å². The Balaban J connectivity index is 1.35. The van der Waals surface area contributed by atoms with E-state index in [1.54, 1.807) is 6.07 Å². The molecule has 0 saturated heterocycles. The number of nitrogens with one attached hydrogen (secondary N) is 1. The average Bonchev–Trinajstić information content (AvgIpc) is 2.60. The third kappa shape index (κ3) is 3.75. The number of hydrogen-bond donors (Lipinski definition) is 1. The number of benzene rings is 1. The Morgan fingerprint density at radius 2 is 1.75 bits per heavy atom. The molecule has 7 heteroatoms. The smallest absolute Gasteiger partial charge is 0.307 e. The van der Waals surface area contributed by atoms with Gasteiger partial charge in [-0.2, -0.15) is 0 Å². The zero-order valence-electron chi connectivity index (χ0n) is 16.1. The van der Waals surface area contributed by atoms with Gasteiger partial charge in [-0.05, 0) is 74.7 Å². The minimum atomic E-state index is -0.999. The summed E-state index contributed by atoms with van der Waals surface area (Å²) in [5.41, 5.74) is -0.0373. The molecule has 4 bridgehead atoms. The number of para-hydroxylation sites is 2. The van der Waals surface area contributed by atoms with E-state index in [9.17, 15) is 19.7 Å². The maximum atomic E-state index is 12.6. The van der Waals surface area contributed by atoms with Gasteiger partial charge >= 0.3 is 5.97 Å². The Bertz CT molecular complexity index is 770. The first-order valence-electron chi connectivity index (χ1n) is 10.1. The molecule has 28 heavy (non-hydrogen) atoms. The second-order valence-electron chi connectivity index (χ2n) is 8.99. The van der Waals surface area contributed by atoms with Gasteiger partial charge in [-0.3, -0.25) is 19.7 Å². The van der Waals surface area contributed by atoms with Crippen molar-refractivity contribution in [3.05, 3.63) is 34.4 Å². The third-order valence-corrected chi connectivity index (χ3v) is 6.72. The highest BCUT2D eigenvalue weighted by Gasteiger charge is 2.51. The lowest BCUT2D eigenvalue weighted by Crippen LogP contribution is -2.47. The predicted octanol–water partition coefficient (Wildman–Crippen LogP) is 4.07. The molecule has 0 aromatic heterocycles. The van der Waals surface area contributed by atoms with Crippen molar-refractivity contribution in [3.63, 3.8) is 0 Å². The van der Waals surface area contributed by atoms with Crippen LogP contribution >= 0.6 is 0 Å². The predicted molar refractivity (Wildman–Crippen MR) is 103 cm³/mol. The summed E-state index contributed by atoms with van der Waals surface area (Å²) in [6.07, 6.45) is 6.61. The SMILES string of the molecule is C[C@H](OC(=O)CC12CC3CC(CC(C3)C1)C2)C(=O)Nc1ccccc1[N+](=O)[O-]. The number of rotatable bonds is 6. The molecular weight excluding hydrogens is 360 g/mol. The van der Waals surface area contributed by atoms with E-state index in [-0.39, 0.29) is 22.8 Å². The molecule has 5 rings (SSSR count). The van der Waals surface area contributed by atoms with Crippen LogP contribution in [-0.4, -0.2) is 22.9 Å². The van der Waals surface area contributed by atoms with Gasteiger partial charge in [-0.15, -0.1) is 0 Å². The highest BCUT2D eigenvalue weighted by Crippen LogP contribution is 2.61. The minimum absolute atomic E-state index is 0.0558. The molecule has 4 fully saturated rings. The largest absolute Gasteiger partial charge is 0.453 e. The normalized spacial score (nSPS) is 31.2. The van der Waals surface area contributed by atoms with E-state index >= 15 is 0 Å². The van der Waals surface area contributed by atoms with Gasteiger partial charge in [0.15, 0.2) is 6.10 Å². The summed E-state index contributed by atoms with van der Waals surface area (Å²) < 4.78 is 5.40. The quantitative estimate of drug-likeness (QED) is 0.451. The highest BCUT2D eigenvalue weighted by atomic mass is 16.6. The number of anilines is 1. The van der Waals surface area contributed by atoms with Crippen molar-refractivity contribution >= 4 is 23.3 Å². The first-order valence-corrected chi connectivity index (χ1v) is 10.1. The Kier molecular flexibility index (Phi) is 4.85. The van der Waals surface area contributed by atoms with Gasteiger partial charge in [-0.25, -0.2) is 0 Å². The van der Waals surface area contributed by atoms with E-state index in [1.165, 1.54) is 44.4 Å². The molecule has 1 aromatic rings. The molecule has 0 radical (unpaired) electrons. The minimum Gasteiger partial charge on any atom is -0.453 e. The van der Waals surface area contributed by atoms with Gasteiger partial charge in [0, 0.05) is 6.07 Å². The van der Waals surface area contributed by atoms with Crippen LogP contribution in [0.4, 0.5) is 11.4 Å². The van der Waals surface area contributed by atoms with Crippen LogP contribution in [-0.2, 0) is 14.3 Å². The second-order valence-corrected chi connectivity index (χ2v) is 8.99. The van der Waals surface area contributed by atoms with Gasteiger partial charge in [0.2, 0.25) is 0 Å². The van der Waals surface area contributed by atoms with Crippen LogP contribution < -0.4 is 5.32 Å². The summed E-state index contributed by atoms with van der Waals surface area (Å²) in [6, 6.07) is 5.91. The van der Waals surface area contributed by atoms with Crippen LogP contribution in [0.15, 0.2) is 24.3 Å². The lowest BCUT2D eigenvalue weighted by Gasteiger charge is -2.56. The van der Waals surface area contributed by atoms with Crippen molar-refractivity contribution in [2.75, 3.05) is 5.32 Å². The number of carbonyl (C=O) groups excluding carboxylic acids is 2. The Morgan fingerprint density at radius 3 is 2.32 bits per heavy atom. The number of amides is 1. The van der Waals surface area contributed by atoms with Gasteiger partial charge in [0.05, 0.1) is 11.3 Å². The van der Waals surface area contributed by atoms with Crippen molar-refractivity contribution in [2.45, 2.75) is 58.0 Å². The van der Waals surface area contributed by atoms with Crippen LogP contribution in [0.3, 0.4) is 0 Å². The molecule has 0 aliphatic heterocycles. The molecule has 4 aliphatic carbocycles. The van der Waals surface area contributed by atoms with E-state index in [0.717, 1.165) is 37.0 Å². The van der Waals surface area contributed by atoms with E-state index < -0.39 is 16.9 Å². The van der Waals surface area contributed by atoms with Crippen LogP contribution in [0.25, 0.3) is 0 Å². The van der Waals surface area contributed by atoms with Gasteiger partial charge in [0.25, 0.3) is 11.6 Å². The zero-order valence-corrected chi connectivity index (χ0v) is 16.1. The number of nitro benzene ring substituents is 1. The number of esters is 1. The number of hydrogen-bond acceptors (Lipinski definition) is 5. The summed E-state index contributed by atoms with van der Waals surface area (Å²) in [5.74, 6) is 1.34. The zero-order chi connectivity index (χ0) is 19.9. The lowest BCUT2D eigenvalue weighted by molar-refractivity contribution is -0.383. The van der Waals surface area contributed by atoms with Gasteiger partial charge < -0.3 is 10.1 Å². The standard InChI is InChI=1S/C21H26N2O5/c1-13(20(25)22-17-4-2-3-5-18(17)23(26)27)28-19(24)12-21-9-14-6-15(10-21)8-16(7-14)11-21/h2-5,13-16H,6-12H2,1H3,(H,22,25)/t13-,14?,15?,16?,21?/m0/s1. The molecule has 4 saturated carbocycles. The Labute approximate surface area is 164 Å². The van der Waals surface area contributed by atoms with E-state index in [2.05, 4.69) is 5.32 Å². The second kappa shape index (κ2) is 7.18. The third-order valence-electron chi connectivity index (χ3n) is 6.72. The first-order chi connectivity index (χ1) is 13.3. The van der Waals surface area contributed by atoms with E-state index in [0.29, 0.717) is 6.42 Å². The summed E-state index contributed by atoms with van der Waals surface area (Å²) in [5, 5.41) is 13.6. The Hall–Kier alpha value is -2.44. The van der Waals surface area contributed by atoms with Gasteiger partial charge in [0.1, 0.15) is 5.69 Å². The number of nitro groups is 1. The molecule has 150 valence electrons. The summed E-state index contributed by atoms with van der Waals surface area (Å²) >= 11 is 0. The number of ether oxygens (including phenoxy) is 1. The van der Waals surface area contributed by atoms with Crippen molar-refractivity contribution in [1.82, 2.24) is 0 Å². The lowest BCUT2D eigenvalue weighted by atomic mass is 9.49. The molecule has 1 atom stereocenters. The summed E-state index contributed by atoms with van der Waals surface area (Å²) in [6.45, 7) is 1.50. The molecule has 1 amide bonds. The number of carbonyl (C=O) groups is 2. The van der Waals surface area contributed by atoms with Crippen LogP contribution in [0.1, 0.15) is 51.9 Å². The van der Waals surface area contributed by atoms with Crippen molar-refractivity contribution in [1.29, 1.82) is 0 Å².